The molecule has 2 amide bonds. The number of rotatable bonds is 9. The fraction of sp³-hybridized carbons (Fsp3) is 0.188. The van der Waals surface area contributed by atoms with E-state index in [0.717, 1.165) is 6.07 Å². The van der Waals surface area contributed by atoms with Crippen LogP contribution in [0.15, 0.2) is 35.0 Å². The van der Waals surface area contributed by atoms with Gasteiger partial charge in [0.15, 0.2) is 5.82 Å². The molecule has 15 nitrogen and oxygen atoms in total. The number of carbonyl (C=O) groups is 2. The van der Waals surface area contributed by atoms with Gasteiger partial charge < -0.3 is 25.3 Å². The molecule has 32 heavy (non-hydrogen) atoms. The third kappa shape index (κ3) is 5.39. The van der Waals surface area contributed by atoms with Crippen molar-refractivity contribution in [3.63, 3.8) is 0 Å². The lowest BCUT2D eigenvalue weighted by molar-refractivity contribution is -0.389. The molecule has 0 bridgehead atoms. The van der Waals surface area contributed by atoms with Gasteiger partial charge in [-0.15, -0.1) is 0 Å². The summed E-state index contributed by atoms with van der Waals surface area (Å²) in [6, 6.07) is 4.82. The van der Waals surface area contributed by atoms with Crippen LogP contribution in [0.25, 0.3) is 0 Å². The van der Waals surface area contributed by atoms with E-state index in [9.17, 15) is 29.8 Å². The molecule has 0 aliphatic carbocycles. The van der Waals surface area contributed by atoms with Gasteiger partial charge in [-0.05, 0) is 17.1 Å². The minimum Gasteiger partial charge on any atom is -0.358 e. The molecule has 0 saturated carbocycles. The van der Waals surface area contributed by atoms with Crippen LogP contribution >= 0.6 is 11.6 Å². The molecule has 0 unspecified atom stereocenters. The largest absolute Gasteiger partial charge is 0.389 e. The highest BCUT2D eigenvalue weighted by atomic mass is 35.5. The lowest BCUT2D eigenvalue weighted by Gasteiger charge is -2.06. The minimum absolute atomic E-state index is 0.00329. The SMILES string of the molecule is O=C(NCCNC(=O)c1nc(Cn2ccc([N+](=O)[O-])n2)no1)c1ccc(Cl)c([N+](=O)[O-])c1. The zero-order valence-corrected chi connectivity index (χ0v) is 16.7. The standard InChI is InChI=1S/C16H13ClN8O7/c17-10-2-1-9(7-11(10)24(28)29)14(26)18-4-5-19-15(27)16-20-12(22-32-16)8-23-6-3-13(21-23)25(30)31/h1-3,6-7H,4-5,8H2,(H,18,26)(H,19,27). The van der Waals surface area contributed by atoms with Crippen molar-refractivity contribution < 1.29 is 24.0 Å². The Bertz CT molecular complexity index is 1190. The van der Waals surface area contributed by atoms with Crippen molar-refractivity contribution in [2.45, 2.75) is 6.54 Å². The molecule has 166 valence electrons. The first kappa shape index (κ1) is 22.3. The van der Waals surface area contributed by atoms with Crippen molar-refractivity contribution in [1.29, 1.82) is 0 Å². The summed E-state index contributed by atoms with van der Waals surface area (Å²) in [5.41, 5.74) is -0.364. The molecule has 3 rings (SSSR count). The summed E-state index contributed by atoms with van der Waals surface area (Å²) in [6.07, 6.45) is 1.35. The average Bonchev–Trinajstić information content (AvgIpc) is 3.41. The highest BCUT2D eigenvalue weighted by molar-refractivity contribution is 6.32. The van der Waals surface area contributed by atoms with Gasteiger partial charge in [-0.25, -0.2) is 0 Å². The number of nitrogens with one attached hydrogen (secondary N) is 2. The summed E-state index contributed by atoms with van der Waals surface area (Å²) in [5.74, 6) is -1.91. The summed E-state index contributed by atoms with van der Waals surface area (Å²) in [5, 5.41) is 33.7. The Balaban J connectivity index is 1.47. The molecule has 0 aliphatic heterocycles. The van der Waals surface area contributed by atoms with Gasteiger partial charge in [0.25, 0.3) is 11.6 Å². The molecular weight excluding hydrogens is 452 g/mol. The Morgan fingerprint density at radius 2 is 1.81 bits per heavy atom. The van der Waals surface area contributed by atoms with Crippen LogP contribution in [0.1, 0.15) is 26.9 Å². The molecule has 0 atom stereocenters. The summed E-state index contributed by atoms with van der Waals surface area (Å²) >= 11 is 5.70. The quantitative estimate of drug-likeness (QED) is 0.260. The molecule has 2 N–H and O–H groups in total. The normalized spacial score (nSPS) is 10.5. The maximum atomic E-state index is 12.1. The lowest BCUT2D eigenvalue weighted by atomic mass is 10.2. The fourth-order valence-corrected chi connectivity index (χ4v) is 2.60. The molecule has 16 heteroatoms. The summed E-state index contributed by atoms with van der Waals surface area (Å²) in [4.78, 5) is 48.2. The van der Waals surface area contributed by atoms with Gasteiger partial charge in [0.2, 0.25) is 0 Å². The number of amides is 2. The average molecular weight is 465 g/mol. The molecule has 3 aromatic rings. The Kier molecular flexibility index (Phi) is 6.69. The zero-order chi connectivity index (χ0) is 23.3. The van der Waals surface area contributed by atoms with E-state index < -0.39 is 27.3 Å². The Morgan fingerprint density at radius 3 is 2.47 bits per heavy atom. The van der Waals surface area contributed by atoms with Crippen LogP contribution in [0.3, 0.4) is 0 Å². The van der Waals surface area contributed by atoms with Crippen LogP contribution in [0.4, 0.5) is 11.5 Å². The molecule has 0 spiro atoms. The highest BCUT2D eigenvalue weighted by Gasteiger charge is 2.18. The molecule has 2 aromatic heterocycles. The highest BCUT2D eigenvalue weighted by Crippen LogP contribution is 2.24. The summed E-state index contributed by atoms with van der Waals surface area (Å²) < 4.78 is 6.04. The minimum atomic E-state index is -0.703. The third-order valence-electron chi connectivity index (χ3n) is 3.88. The first-order valence-corrected chi connectivity index (χ1v) is 9.13. The molecule has 0 aliphatic rings. The van der Waals surface area contributed by atoms with Gasteiger partial charge in [-0.2, -0.15) is 9.67 Å². The van der Waals surface area contributed by atoms with Crippen molar-refractivity contribution in [2.75, 3.05) is 13.1 Å². The second-order valence-corrected chi connectivity index (χ2v) is 6.49. The Hall–Kier alpha value is -4.40. The van der Waals surface area contributed by atoms with Crippen molar-refractivity contribution >= 4 is 34.9 Å². The van der Waals surface area contributed by atoms with Gasteiger partial charge >= 0.3 is 17.6 Å². The van der Waals surface area contributed by atoms with E-state index in [4.69, 9.17) is 16.1 Å². The van der Waals surface area contributed by atoms with Gasteiger partial charge in [-0.3, -0.25) is 19.7 Å². The predicted octanol–water partition coefficient (Wildman–Crippen LogP) is 0.944. The lowest BCUT2D eigenvalue weighted by Crippen LogP contribution is -2.34. The number of benzene rings is 1. The first-order chi connectivity index (χ1) is 15.2. The summed E-state index contributed by atoms with van der Waals surface area (Å²) in [7, 11) is 0. The third-order valence-corrected chi connectivity index (χ3v) is 4.20. The molecule has 1 aromatic carbocycles. The second-order valence-electron chi connectivity index (χ2n) is 6.08. The maximum Gasteiger partial charge on any atom is 0.389 e. The smallest absolute Gasteiger partial charge is 0.358 e. The molecular formula is C16H13ClN8O7. The van der Waals surface area contributed by atoms with E-state index in [2.05, 4.69) is 25.9 Å². The first-order valence-electron chi connectivity index (χ1n) is 8.75. The van der Waals surface area contributed by atoms with Crippen molar-refractivity contribution in [1.82, 2.24) is 30.6 Å². The van der Waals surface area contributed by atoms with Crippen molar-refractivity contribution in [2.24, 2.45) is 0 Å². The Labute approximate surface area is 182 Å². The Morgan fingerprint density at radius 1 is 1.09 bits per heavy atom. The van der Waals surface area contributed by atoms with Gasteiger partial charge in [0.1, 0.15) is 11.6 Å². The number of hydrogen-bond acceptors (Lipinski definition) is 10. The zero-order valence-electron chi connectivity index (χ0n) is 15.9. The van der Waals surface area contributed by atoms with Crippen molar-refractivity contribution in [3.8, 4) is 0 Å². The topological polar surface area (TPSA) is 201 Å². The van der Waals surface area contributed by atoms with Gasteiger partial charge in [0, 0.05) is 24.7 Å². The molecule has 0 saturated heterocycles. The predicted molar refractivity (Wildman–Crippen MR) is 105 cm³/mol. The number of nitrogens with zero attached hydrogens (tertiary/aromatic N) is 6. The molecule has 0 fully saturated rings. The fourth-order valence-electron chi connectivity index (χ4n) is 2.42. The van der Waals surface area contributed by atoms with E-state index in [-0.39, 0.29) is 47.8 Å². The van der Waals surface area contributed by atoms with Crippen LogP contribution in [0.5, 0.6) is 0 Å². The number of nitro groups is 2. The van der Waals surface area contributed by atoms with E-state index >= 15 is 0 Å². The van der Waals surface area contributed by atoms with Crippen LogP contribution in [0, 0.1) is 20.2 Å². The maximum absolute atomic E-state index is 12.1. The van der Waals surface area contributed by atoms with E-state index in [1.807, 2.05) is 0 Å². The van der Waals surface area contributed by atoms with E-state index in [1.165, 1.54) is 29.1 Å². The number of nitro benzene ring substituents is 1. The van der Waals surface area contributed by atoms with Crippen molar-refractivity contribution in [3.05, 3.63) is 73.0 Å². The second kappa shape index (κ2) is 9.61. The summed E-state index contributed by atoms with van der Waals surface area (Å²) in [6.45, 7) is -0.0316. The van der Waals surface area contributed by atoms with E-state index in [1.54, 1.807) is 0 Å². The molecule has 2 heterocycles. The number of halogens is 1. The van der Waals surface area contributed by atoms with Crippen LogP contribution in [0.2, 0.25) is 5.02 Å². The van der Waals surface area contributed by atoms with Gasteiger partial charge in [0.05, 0.1) is 22.3 Å². The van der Waals surface area contributed by atoms with Crippen LogP contribution in [-0.2, 0) is 6.54 Å². The van der Waals surface area contributed by atoms with Crippen LogP contribution < -0.4 is 10.6 Å². The number of carbonyl (C=O) groups excluding carboxylic acids is 2. The number of hydrogen-bond donors (Lipinski definition) is 2. The van der Waals surface area contributed by atoms with Crippen LogP contribution in [-0.4, -0.2) is 54.7 Å². The van der Waals surface area contributed by atoms with E-state index in [0.29, 0.717) is 0 Å². The molecule has 0 radical (unpaired) electrons. The number of aromatic nitrogens is 4. The van der Waals surface area contributed by atoms with Gasteiger partial charge in [-0.1, -0.05) is 16.8 Å². The monoisotopic (exact) mass is 464 g/mol.